The summed E-state index contributed by atoms with van der Waals surface area (Å²) in [5.41, 5.74) is 2.88. The molecule has 0 aliphatic heterocycles. The Kier molecular flexibility index (Phi) is 4.43. The smallest absolute Gasteiger partial charge is 0.387 e. The number of amides is 1. The number of alkyl halides is 2. The number of furan rings is 1. The monoisotopic (exact) mass is 280 g/mol. The minimum Gasteiger partial charge on any atom is -0.459 e. The van der Waals surface area contributed by atoms with Gasteiger partial charge < -0.3 is 9.15 Å². The molecule has 7 heteroatoms. The molecule has 1 aromatic carbocycles. The van der Waals surface area contributed by atoms with E-state index in [9.17, 15) is 13.6 Å². The fraction of sp³-hybridized carbons (Fsp3) is 0.0769. The quantitative estimate of drug-likeness (QED) is 0.676. The zero-order chi connectivity index (χ0) is 14.4. The van der Waals surface area contributed by atoms with Gasteiger partial charge in [0.05, 0.1) is 12.5 Å². The number of nitrogens with one attached hydrogen (secondary N) is 1. The lowest BCUT2D eigenvalue weighted by Gasteiger charge is -2.03. The van der Waals surface area contributed by atoms with Gasteiger partial charge in [-0.05, 0) is 42.0 Å². The summed E-state index contributed by atoms with van der Waals surface area (Å²) in [6.07, 6.45) is 2.74. The molecule has 0 unspecified atom stereocenters. The van der Waals surface area contributed by atoms with Gasteiger partial charge in [0.2, 0.25) is 0 Å². The van der Waals surface area contributed by atoms with Crippen LogP contribution in [-0.2, 0) is 0 Å². The first-order valence-electron chi connectivity index (χ1n) is 5.57. The van der Waals surface area contributed by atoms with Crippen LogP contribution in [-0.4, -0.2) is 18.7 Å². The zero-order valence-corrected chi connectivity index (χ0v) is 10.1. The standard InChI is InChI=1S/C13H10F2N2O3/c14-13(15)20-10-5-3-9(4-6-10)8-16-17-12(18)11-2-1-7-19-11/h1-8,13H,(H,17,18)/b16-8-. The van der Waals surface area contributed by atoms with Gasteiger partial charge in [0.1, 0.15) is 5.75 Å². The third-order valence-corrected chi connectivity index (χ3v) is 2.23. The summed E-state index contributed by atoms with van der Waals surface area (Å²) in [5, 5.41) is 3.71. The van der Waals surface area contributed by atoms with Gasteiger partial charge in [0.15, 0.2) is 5.76 Å². The fourth-order valence-electron chi connectivity index (χ4n) is 1.36. The van der Waals surface area contributed by atoms with Crippen LogP contribution in [0.25, 0.3) is 0 Å². The molecule has 0 aliphatic carbocycles. The molecule has 20 heavy (non-hydrogen) atoms. The van der Waals surface area contributed by atoms with E-state index < -0.39 is 12.5 Å². The van der Waals surface area contributed by atoms with Crippen molar-refractivity contribution < 1.29 is 22.7 Å². The van der Waals surface area contributed by atoms with E-state index in [4.69, 9.17) is 4.42 Å². The summed E-state index contributed by atoms with van der Waals surface area (Å²) in [7, 11) is 0. The lowest BCUT2D eigenvalue weighted by Crippen LogP contribution is -2.16. The predicted molar refractivity (Wildman–Crippen MR) is 66.8 cm³/mol. The Bertz CT molecular complexity index is 580. The molecule has 0 saturated carbocycles. The molecule has 0 atom stereocenters. The van der Waals surface area contributed by atoms with Crippen LogP contribution in [0.15, 0.2) is 52.2 Å². The number of hydrazone groups is 1. The highest BCUT2D eigenvalue weighted by atomic mass is 19.3. The largest absolute Gasteiger partial charge is 0.459 e. The van der Waals surface area contributed by atoms with Gasteiger partial charge in [-0.25, -0.2) is 5.43 Å². The number of ether oxygens (including phenoxy) is 1. The lowest BCUT2D eigenvalue weighted by atomic mass is 10.2. The molecule has 1 N–H and O–H groups in total. The molecule has 2 aromatic rings. The van der Waals surface area contributed by atoms with E-state index in [-0.39, 0.29) is 11.5 Å². The highest BCUT2D eigenvalue weighted by molar-refractivity contribution is 5.92. The van der Waals surface area contributed by atoms with Crippen LogP contribution in [0, 0.1) is 0 Å². The minimum absolute atomic E-state index is 0.0526. The van der Waals surface area contributed by atoms with Crippen molar-refractivity contribution in [3.63, 3.8) is 0 Å². The second-order valence-corrected chi connectivity index (χ2v) is 3.62. The maximum absolute atomic E-state index is 11.9. The van der Waals surface area contributed by atoms with Crippen LogP contribution in [0.3, 0.4) is 0 Å². The Labute approximate surface area is 112 Å². The number of carbonyl (C=O) groups excluding carboxylic acids is 1. The van der Waals surface area contributed by atoms with Gasteiger partial charge in [-0.1, -0.05) is 0 Å². The van der Waals surface area contributed by atoms with Gasteiger partial charge in [0, 0.05) is 0 Å². The highest BCUT2D eigenvalue weighted by Gasteiger charge is 2.06. The van der Waals surface area contributed by atoms with E-state index in [0.29, 0.717) is 5.56 Å². The SMILES string of the molecule is O=C(N/N=C\c1ccc(OC(F)F)cc1)c1ccco1. The Morgan fingerprint density at radius 3 is 2.65 bits per heavy atom. The molecule has 0 bridgehead atoms. The lowest BCUT2D eigenvalue weighted by molar-refractivity contribution is -0.0498. The first-order valence-corrected chi connectivity index (χ1v) is 5.57. The molecular weight excluding hydrogens is 270 g/mol. The van der Waals surface area contributed by atoms with Crippen molar-refractivity contribution in [1.82, 2.24) is 5.43 Å². The van der Waals surface area contributed by atoms with Crippen molar-refractivity contribution in [2.24, 2.45) is 5.10 Å². The molecule has 0 aliphatic rings. The van der Waals surface area contributed by atoms with E-state index in [1.165, 1.54) is 42.8 Å². The van der Waals surface area contributed by atoms with Crippen LogP contribution < -0.4 is 10.2 Å². The molecule has 104 valence electrons. The summed E-state index contributed by atoms with van der Waals surface area (Å²) in [6, 6.07) is 8.89. The summed E-state index contributed by atoms with van der Waals surface area (Å²) in [4.78, 5) is 11.4. The Morgan fingerprint density at radius 1 is 1.30 bits per heavy atom. The molecular formula is C13H10F2N2O3. The van der Waals surface area contributed by atoms with Crippen LogP contribution in [0.1, 0.15) is 16.1 Å². The molecule has 1 heterocycles. The number of carbonyl (C=O) groups is 1. The third kappa shape index (κ3) is 3.91. The molecule has 0 spiro atoms. The molecule has 0 radical (unpaired) electrons. The van der Waals surface area contributed by atoms with Crippen molar-refractivity contribution in [2.75, 3.05) is 0 Å². The number of benzene rings is 1. The normalized spacial score (nSPS) is 10.9. The Hall–Kier alpha value is -2.70. The number of nitrogens with zero attached hydrogens (tertiary/aromatic N) is 1. The maximum atomic E-state index is 11.9. The van der Waals surface area contributed by atoms with E-state index >= 15 is 0 Å². The average molecular weight is 280 g/mol. The van der Waals surface area contributed by atoms with Crippen LogP contribution in [0.4, 0.5) is 8.78 Å². The van der Waals surface area contributed by atoms with Crippen molar-refractivity contribution in [1.29, 1.82) is 0 Å². The maximum Gasteiger partial charge on any atom is 0.387 e. The number of rotatable bonds is 5. The van der Waals surface area contributed by atoms with Crippen molar-refractivity contribution >= 4 is 12.1 Å². The van der Waals surface area contributed by atoms with Gasteiger partial charge in [-0.15, -0.1) is 0 Å². The minimum atomic E-state index is -2.86. The van der Waals surface area contributed by atoms with Crippen LogP contribution in [0.5, 0.6) is 5.75 Å². The fourth-order valence-corrected chi connectivity index (χ4v) is 1.36. The summed E-state index contributed by atoms with van der Waals surface area (Å²) in [6.45, 7) is -2.86. The first-order chi connectivity index (χ1) is 9.65. The van der Waals surface area contributed by atoms with Crippen molar-refractivity contribution in [3.05, 3.63) is 54.0 Å². The van der Waals surface area contributed by atoms with Crippen molar-refractivity contribution in [3.8, 4) is 5.75 Å². The molecule has 0 fully saturated rings. The van der Waals surface area contributed by atoms with E-state index in [0.717, 1.165) is 0 Å². The van der Waals surface area contributed by atoms with Gasteiger partial charge in [-0.2, -0.15) is 13.9 Å². The second-order valence-electron chi connectivity index (χ2n) is 3.62. The molecule has 2 rings (SSSR count). The Balaban J connectivity index is 1.89. The number of hydrogen-bond acceptors (Lipinski definition) is 4. The average Bonchev–Trinajstić information content (AvgIpc) is 2.94. The van der Waals surface area contributed by atoms with Gasteiger partial charge >= 0.3 is 12.5 Å². The van der Waals surface area contributed by atoms with Crippen molar-refractivity contribution in [2.45, 2.75) is 6.61 Å². The van der Waals surface area contributed by atoms with E-state index in [2.05, 4.69) is 15.3 Å². The van der Waals surface area contributed by atoms with E-state index in [1.54, 1.807) is 6.07 Å². The summed E-state index contributed by atoms with van der Waals surface area (Å²) >= 11 is 0. The molecule has 5 nitrogen and oxygen atoms in total. The summed E-state index contributed by atoms with van der Waals surface area (Å²) < 4.78 is 33.0. The zero-order valence-electron chi connectivity index (χ0n) is 10.1. The molecule has 1 aromatic heterocycles. The predicted octanol–water partition coefficient (Wildman–Crippen LogP) is 2.64. The van der Waals surface area contributed by atoms with E-state index in [1.807, 2.05) is 0 Å². The molecule has 0 saturated heterocycles. The number of halogens is 2. The van der Waals surface area contributed by atoms with Gasteiger partial charge in [0.25, 0.3) is 0 Å². The van der Waals surface area contributed by atoms with Crippen LogP contribution in [0.2, 0.25) is 0 Å². The van der Waals surface area contributed by atoms with Gasteiger partial charge in [-0.3, -0.25) is 4.79 Å². The third-order valence-electron chi connectivity index (χ3n) is 2.23. The molecule has 1 amide bonds. The first kappa shape index (κ1) is 13.7. The van der Waals surface area contributed by atoms with Crippen LogP contribution >= 0.6 is 0 Å². The topological polar surface area (TPSA) is 63.8 Å². The summed E-state index contributed by atoms with van der Waals surface area (Å²) in [5.74, 6) is -0.288. The Morgan fingerprint density at radius 2 is 2.05 bits per heavy atom. The highest BCUT2D eigenvalue weighted by Crippen LogP contribution is 2.13. The number of hydrogen-bond donors (Lipinski definition) is 1. The second kappa shape index (κ2) is 6.46.